The Morgan fingerprint density at radius 1 is 1.14 bits per heavy atom. The highest BCUT2D eigenvalue weighted by molar-refractivity contribution is 6.35. The minimum atomic E-state index is -0.627. The molecule has 0 spiro atoms. The Balaban J connectivity index is 1.41. The van der Waals surface area contributed by atoms with Gasteiger partial charge in [0.15, 0.2) is 6.61 Å². The number of amides is 1. The lowest BCUT2D eigenvalue weighted by Gasteiger charge is -2.05. The summed E-state index contributed by atoms with van der Waals surface area (Å²) in [5, 5.41) is 4.80. The number of halogens is 2. The van der Waals surface area contributed by atoms with Crippen LogP contribution < -0.4 is 5.32 Å². The van der Waals surface area contributed by atoms with Gasteiger partial charge in [0.05, 0.1) is 0 Å². The monoisotopic (exact) mass is 416 g/mol. The van der Waals surface area contributed by atoms with Gasteiger partial charge in [-0.05, 0) is 41.8 Å². The molecular weight excluding hydrogens is 399 g/mol. The van der Waals surface area contributed by atoms with E-state index in [1.807, 2.05) is 30.5 Å². The van der Waals surface area contributed by atoms with Crippen LogP contribution in [0.5, 0.6) is 0 Å². The van der Waals surface area contributed by atoms with Gasteiger partial charge >= 0.3 is 5.97 Å². The highest BCUT2D eigenvalue weighted by Crippen LogP contribution is 2.22. The van der Waals surface area contributed by atoms with E-state index in [0.717, 1.165) is 16.5 Å². The molecule has 3 rings (SSSR count). The number of fused-ring (bicyclic) bond motifs is 1. The average molecular weight is 417 g/mol. The molecule has 28 heavy (non-hydrogen) atoms. The quantitative estimate of drug-likeness (QED) is 0.443. The van der Waals surface area contributed by atoms with E-state index < -0.39 is 5.97 Å². The summed E-state index contributed by atoms with van der Waals surface area (Å²) in [7, 11) is 0. The second kappa shape index (κ2) is 9.44. The van der Waals surface area contributed by atoms with Crippen molar-refractivity contribution in [2.24, 2.45) is 0 Å². The van der Waals surface area contributed by atoms with Gasteiger partial charge in [-0.1, -0.05) is 47.5 Å². The van der Waals surface area contributed by atoms with Crippen LogP contribution >= 0.6 is 23.2 Å². The number of esters is 1. The fourth-order valence-corrected chi connectivity index (χ4v) is 3.18. The van der Waals surface area contributed by atoms with E-state index in [-0.39, 0.29) is 12.5 Å². The molecule has 1 aromatic heterocycles. The molecule has 1 amide bonds. The molecule has 0 aliphatic carbocycles. The number of aromatic amines is 1. The molecule has 0 aliphatic heterocycles. The van der Waals surface area contributed by atoms with Crippen LogP contribution in [0.4, 0.5) is 0 Å². The van der Waals surface area contributed by atoms with Gasteiger partial charge in [-0.2, -0.15) is 0 Å². The molecule has 0 saturated heterocycles. The number of hydrogen-bond donors (Lipinski definition) is 2. The third kappa shape index (κ3) is 5.38. The zero-order valence-electron chi connectivity index (χ0n) is 14.9. The van der Waals surface area contributed by atoms with E-state index in [1.54, 1.807) is 18.2 Å². The Morgan fingerprint density at radius 3 is 2.79 bits per heavy atom. The van der Waals surface area contributed by atoms with Crippen LogP contribution in [0.2, 0.25) is 10.0 Å². The van der Waals surface area contributed by atoms with E-state index >= 15 is 0 Å². The van der Waals surface area contributed by atoms with Crippen LogP contribution in [0.15, 0.2) is 54.7 Å². The molecule has 1 heterocycles. The summed E-state index contributed by atoms with van der Waals surface area (Å²) in [5.74, 6) is -0.982. The molecule has 0 aliphatic rings. The molecule has 5 nitrogen and oxygen atoms in total. The Hall–Kier alpha value is -2.76. The van der Waals surface area contributed by atoms with Crippen molar-refractivity contribution in [2.75, 3.05) is 13.2 Å². The van der Waals surface area contributed by atoms with Gasteiger partial charge in [-0.3, -0.25) is 4.79 Å². The first-order valence-electron chi connectivity index (χ1n) is 8.64. The summed E-state index contributed by atoms with van der Waals surface area (Å²) >= 11 is 11.8. The predicted octanol–water partition coefficient (Wildman–Crippen LogP) is 4.39. The van der Waals surface area contributed by atoms with Crippen LogP contribution in [-0.2, 0) is 20.7 Å². The number of H-pyrrole nitrogens is 1. The fourth-order valence-electron chi connectivity index (χ4n) is 2.71. The summed E-state index contributed by atoms with van der Waals surface area (Å²) in [5.41, 5.74) is 2.81. The molecule has 3 aromatic rings. The van der Waals surface area contributed by atoms with E-state index in [0.29, 0.717) is 28.6 Å². The van der Waals surface area contributed by atoms with Crippen LogP contribution in [0.3, 0.4) is 0 Å². The Morgan fingerprint density at radius 2 is 1.96 bits per heavy atom. The van der Waals surface area contributed by atoms with Crippen molar-refractivity contribution in [2.45, 2.75) is 6.42 Å². The molecule has 7 heteroatoms. The van der Waals surface area contributed by atoms with Crippen LogP contribution in [0.25, 0.3) is 17.0 Å². The summed E-state index contributed by atoms with van der Waals surface area (Å²) in [6, 6.07) is 12.9. The molecule has 144 valence electrons. The lowest BCUT2D eigenvalue weighted by molar-refractivity contribution is -0.143. The topological polar surface area (TPSA) is 71.2 Å². The largest absolute Gasteiger partial charge is 0.452 e. The van der Waals surface area contributed by atoms with Crippen molar-refractivity contribution in [1.82, 2.24) is 10.3 Å². The van der Waals surface area contributed by atoms with Crippen molar-refractivity contribution in [3.63, 3.8) is 0 Å². The van der Waals surface area contributed by atoms with Gasteiger partial charge in [0.2, 0.25) is 0 Å². The van der Waals surface area contributed by atoms with Gasteiger partial charge in [0, 0.05) is 39.8 Å². The third-order valence-electron chi connectivity index (χ3n) is 4.10. The number of benzene rings is 2. The maximum Gasteiger partial charge on any atom is 0.331 e. The molecule has 0 radical (unpaired) electrons. The minimum Gasteiger partial charge on any atom is -0.452 e. The van der Waals surface area contributed by atoms with Gasteiger partial charge in [-0.15, -0.1) is 0 Å². The zero-order valence-corrected chi connectivity index (χ0v) is 16.4. The average Bonchev–Trinajstić information content (AvgIpc) is 3.09. The third-order valence-corrected chi connectivity index (χ3v) is 4.66. The highest BCUT2D eigenvalue weighted by Gasteiger charge is 2.07. The fraction of sp³-hybridized carbons (Fsp3) is 0.143. The van der Waals surface area contributed by atoms with Crippen molar-refractivity contribution >= 4 is 52.1 Å². The smallest absolute Gasteiger partial charge is 0.331 e. The molecule has 0 saturated carbocycles. The van der Waals surface area contributed by atoms with Gasteiger partial charge in [-0.25, -0.2) is 4.79 Å². The highest BCUT2D eigenvalue weighted by atomic mass is 35.5. The zero-order chi connectivity index (χ0) is 19.9. The number of aromatic nitrogens is 1. The van der Waals surface area contributed by atoms with Crippen LogP contribution in [0, 0.1) is 0 Å². The van der Waals surface area contributed by atoms with E-state index in [1.165, 1.54) is 12.2 Å². The summed E-state index contributed by atoms with van der Waals surface area (Å²) in [6.45, 7) is 0.111. The molecule has 2 N–H and O–H groups in total. The van der Waals surface area contributed by atoms with Crippen LogP contribution in [0.1, 0.15) is 11.1 Å². The maximum absolute atomic E-state index is 11.8. The standard InChI is InChI=1S/C21H18Cl2N2O3/c22-16-7-5-14(18(23)11-16)6-8-21(27)28-13-20(26)24-10-9-15-12-25-19-4-2-1-3-17(15)19/h1-8,11-12,25H,9-10,13H2,(H,24,26)/b8-6+. The minimum absolute atomic E-state index is 0.342. The lowest BCUT2D eigenvalue weighted by Crippen LogP contribution is -2.30. The molecular formula is C21H18Cl2N2O3. The number of carbonyl (C=O) groups is 2. The maximum atomic E-state index is 11.8. The predicted molar refractivity (Wildman–Crippen MR) is 111 cm³/mol. The van der Waals surface area contributed by atoms with Crippen molar-refractivity contribution in [3.05, 3.63) is 75.9 Å². The molecule has 2 aromatic carbocycles. The number of carbonyl (C=O) groups excluding carboxylic acids is 2. The van der Waals surface area contributed by atoms with E-state index in [2.05, 4.69) is 10.3 Å². The number of nitrogens with one attached hydrogen (secondary N) is 2. The van der Waals surface area contributed by atoms with E-state index in [9.17, 15) is 9.59 Å². The van der Waals surface area contributed by atoms with Gasteiger partial charge < -0.3 is 15.0 Å². The number of ether oxygens (including phenoxy) is 1. The molecule has 0 fully saturated rings. The Labute approximate surface area is 172 Å². The number of hydrogen-bond acceptors (Lipinski definition) is 3. The SMILES string of the molecule is O=C(COC(=O)/C=C/c1ccc(Cl)cc1Cl)NCCc1c[nH]c2ccccc12. The first-order chi connectivity index (χ1) is 13.5. The second-order valence-corrected chi connectivity index (χ2v) is 6.91. The van der Waals surface area contributed by atoms with Crippen molar-refractivity contribution < 1.29 is 14.3 Å². The van der Waals surface area contributed by atoms with Gasteiger partial charge in [0.1, 0.15) is 0 Å². The Bertz CT molecular complexity index is 1030. The van der Waals surface area contributed by atoms with Gasteiger partial charge in [0.25, 0.3) is 5.91 Å². The second-order valence-electron chi connectivity index (χ2n) is 6.07. The molecule has 0 unspecified atom stereocenters. The molecule has 0 atom stereocenters. The first-order valence-corrected chi connectivity index (χ1v) is 9.40. The first kappa shape index (κ1) is 20.0. The van der Waals surface area contributed by atoms with Crippen molar-refractivity contribution in [1.29, 1.82) is 0 Å². The summed E-state index contributed by atoms with van der Waals surface area (Å²) in [4.78, 5) is 26.8. The van der Waals surface area contributed by atoms with Crippen molar-refractivity contribution in [3.8, 4) is 0 Å². The Kier molecular flexibility index (Phi) is 6.74. The summed E-state index contributed by atoms with van der Waals surface area (Å²) in [6.07, 6.45) is 5.34. The van der Waals surface area contributed by atoms with Crippen LogP contribution in [-0.4, -0.2) is 30.0 Å². The summed E-state index contributed by atoms with van der Waals surface area (Å²) < 4.78 is 4.93. The normalized spacial score (nSPS) is 11.1. The van der Waals surface area contributed by atoms with E-state index in [4.69, 9.17) is 27.9 Å². The number of rotatable bonds is 7. The molecule has 0 bridgehead atoms. The number of para-hydroxylation sites is 1. The lowest BCUT2D eigenvalue weighted by atomic mass is 10.1.